The van der Waals surface area contributed by atoms with Crippen molar-refractivity contribution in [1.29, 1.82) is 0 Å². The molecule has 3 atom stereocenters. The van der Waals surface area contributed by atoms with Gasteiger partial charge in [-0.25, -0.2) is 13.8 Å². The van der Waals surface area contributed by atoms with Gasteiger partial charge < -0.3 is 14.7 Å². The topological polar surface area (TPSA) is 74.5 Å². The second-order valence-electron chi connectivity index (χ2n) is 8.79. The third kappa shape index (κ3) is 5.62. The molecular formula is C22H29F2N3O3S. The number of nitrogens with zero attached hydrogens (tertiary/aromatic N) is 3. The summed E-state index contributed by atoms with van der Waals surface area (Å²) in [6.07, 6.45) is 5.68. The van der Waals surface area contributed by atoms with Crippen LogP contribution in [0.2, 0.25) is 0 Å². The molecule has 0 aromatic carbocycles. The van der Waals surface area contributed by atoms with Gasteiger partial charge in [0.25, 0.3) is 5.91 Å². The molecule has 0 aromatic rings. The Kier molecular flexibility index (Phi) is 7.23. The number of aliphatic hydroxyl groups excluding tert-OH is 1. The molecule has 170 valence electrons. The number of hydrogen-bond donors (Lipinski definition) is 1. The zero-order valence-electron chi connectivity index (χ0n) is 17.7. The number of halogens is 2. The number of allylic oxidation sites excluding steroid dienone is 2. The van der Waals surface area contributed by atoms with Gasteiger partial charge in [0.05, 0.1) is 24.2 Å². The monoisotopic (exact) mass is 453 g/mol. The van der Waals surface area contributed by atoms with Gasteiger partial charge in [-0.05, 0) is 45.7 Å². The Balaban J connectivity index is 1.37. The van der Waals surface area contributed by atoms with E-state index >= 15 is 0 Å². The number of carbonyl (C=O) groups is 1. The Bertz CT molecular complexity index is 821. The van der Waals surface area contributed by atoms with E-state index in [1.165, 1.54) is 6.08 Å². The number of hydrogen-bond acceptors (Lipinski definition) is 6. The Labute approximate surface area is 185 Å². The van der Waals surface area contributed by atoms with E-state index in [1.54, 1.807) is 17.8 Å². The van der Waals surface area contributed by atoms with Crippen molar-refractivity contribution in [2.24, 2.45) is 21.8 Å². The van der Waals surface area contributed by atoms with Crippen LogP contribution in [0, 0.1) is 11.8 Å². The molecule has 1 N–H and O–H groups in total. The minimum absolute atomic E-state index is 0.168. The fourth-order valence-electron chi connectivity index (χ4n) is 4.39. The Morgan fingerprint density at radius 2 is 2.00 bits per heavy atom. The molecule has 0 aromatic heterocycles. The first-order valence-electron chi connectivity index (χ1n) is 10.9. The molecule has 1 saturated heterocycles. The minimum Gasteiger partial charge on any atom is -0.493 e. The Hall–Kier alpha value is -1.58. The number of amides is 1. The normalized spacial score (nSPS) is 34.3. The van der Waals surface area contributed by atoms with Gasteiger partial charge in [-0.15, -0.1) is 0 Å². The number of thioether (sulfide) groups is 1. The van der Waals surface area contributed by atoms with Gasteiger partial charge in [0.15, 0.2) is 0 Å². The molecule has 2 aliphatic heterocycles. The summed E-state index contributed by atoms with van der Waals surface area (Å²) < 4.78 is 34.6. The van der Waals surface area contributed by atoms with E-state index in [4.69, 9.17) is 4.74 Å². The molecule has 0 bridgehead atoms. The standard InChI is InChI=1S/C22H29F2N3O3S/c1-27-7-6-13(18(24)10-27)11-30-15-8-17(23)21-19(9-15)25-20(26-22(21)29)12-31-16-4-2-14(28)3-5-16/h8-9,13-14,16,18,21,28H,2-7,10-12H2,1H3/t13-,14?,16?,18+,21?/m1/s1. The van der Waals surface area contributed by atoms with E-state index in [2.05, 4.69) is 9.98 Å². The van der Waals surface area contributed by atoms with Crippen LogP contribution in [0.15, 0.2) is 33.7 Å². The van der Waals surface area contributed by atoms with Crippen molar-refractivity contribution in [3.63, 3.8) is 0 Å². The summed E-state index contributed by atoms with van der Waals surface area (Å²) in [5, 5.41) is 10.0. The molecule has 6 nitrogen and oxygen atoms in total. The lowest BCUT2D eigenvalue weighted by atomic mass is 9.94. The molecule has 2 aliphatic carbocycles. The fourth-order valence-corrected chi connectivity index (χ4v) is 5.51. The largest absolute Gasteiger partial charge is 0.493 e. The van der Waals surface area contributed by atoms with Crippen molar-refractivity contribution in [3.8, 4) is 0 Å². The lowest BCUT2D eigenvalue weighted by Crippen LogP contribution is -2.41. The lowest BCUT2D eigenvalue weighted by Gasteiger charge is -2.32. The summed E-state index contributed by atoms with van der Waals surface area (Å²) in [5.74, 6) is -1.41. The quantitative estimate of drug-likeness (QED) is 0.669. The molecule has 2 fully saturated rings. The van der Waals surface area contributed by atoms with E-state index in [1.807, 2.05) is 11.9 Å². The fraction of sp³-hybridized carbons (Fsp3) is 0.682. The molecule has 1 saturated carbocycles. The number of carbonyl (C=O) groups excluding carboxylic acids is 1. The molecule has 1 unspecified atom stereocenters. The van der Waals surface area contributed by atoms with E-state index in [-0.39, 0.29) is 24.4 Å². The van der Waals surface area contributed by atoms with Crippen molar-refractivity contribution >= 4 is 29.2 Å². The summed E-state index contributed by atoms with van der Waals surface area (Å²) >= 11 is 1.67. The van der Waals surface area contributed by atoms with Crippen LogP contribution in [0.4, 0.5) is 8.78 Å². The molecule has 1 amide bonds. The number of amidine groups is 1. The maximum Gasteiger partial charge on any atom is 0.263 e. The third-order valence-electron chi connectivity index (χ3n) is 6.32. The first kappa shape index (κ1) is 22.6. The van der Waals surface area contributed by atoms with Gasteiger partial charge in [-0.3, -0.25) is 4.79 Å². The van der Waals surface area contributed by atoms with Gasteiger partial charge in [-0.2, -0.15) is 16.8 Å². The Morgan fingerprint density at radius 1 is 1.23 bits per heavy atom. The average Bonchev–Trinajstić information content (AvgIpc) is 2.72. The van der Waals surface area contributed by atoms with Crippen molar-refractivity contribution < 1.29 is 23.4 Å². The number of ether oxygens (including phenoxy) is 1. The van der Waals surface area contributed by atoms with E-state index in [0.29, 0.717) is 35.5 Å². The third-order valence-corrected chi connectivity index (χ3v) is 7.69. The number of rotatable bonds is 6. The van der Waals surface area contributed by atoms with Crippen LogP contribution < -0.4 is 0 Å². The number of likely N-dealkylation sites (tertiary alicyclic amines) is 1. The van der Waals surface area contributed by atoms with E-state index in [9.17, 15) is 18.7 Å². The van der Waals surface area contributed by atoms with Crippen molar-refractivity contribution in [2.75, 3.05) is 32.5 Å². The van der Waals surface area contributed by atoms with Crippen LogP contribution in [0.5, 0.6) is 0 Å². The summed E-state index contributed by atoms with van der Waals surface area (Å²) in [6.45, 7) is 1.34. The number of alkyl halides is 1. The maximum atomic E-state index is 14.6. The Morgan fingerprint density at radius 3 is 2.74 bits per heavy atom. The molecule has 31 heavy (non-hydrogen) atoms. The van der Waals surface area contributed by atoms with Crippen LogP contribution in [-0.2, 0) is 9.53 Å². The second kappa shape index (κ2) is 9.92. The average molecular weight is 454 g/mol. The van der Waals surface area contributed by atoms with E-state index < -0.39 is 23.8 Å². The van der Waals surface area contributed by atoms with Gasteiger partial charge in [0.1, 0.15) is 29.5 Å². The smallest absolute Gasteiger partial charge is 0.263 e. The predicted octanol–water partition coefficient (Wildman–Crippen LogP) is 3.08. The highest BCUT2D eigenvalue weighted by atomic mass is 32.2. The van der Waals surface area contributed by atoms with E-state index in [0.717, 1.165) is 32.2 Å². The van der Waals surface area contributed by atoms with Crippen LogP contribution in [-0.4, -0.2) is 77.5 Å². The van der Waals surface area contributed by atoms with Crippen molar-refractivity contribution in [3.05, 3.63) is 23.7 Å². The second-order valence-corrected chi connectivity index (χ2v) is 10.1. The SMILES string of the molecule is CN1CC[C@H](COC2=CC3=NC(CSC4CCC(O)CC4)=NC(=O)C3C(F)=C2)[C@@H](F)C1. The summed E-state index contributed by atoms with van der Waals surface area (Å²) in [6, 6.07) is 0. The molecule has 9 heteroatoms. The lowest BCUT2D eigenvalue weighted by molar-refractivity contribution is -0.119. The van der Waals surface area contributed by atoms with Gasteiger partial charge >= 0.3 is 0 Å². The van der Waals surface area contributed by atoms with Crippen LogP contribution in [0.25, 0.3) is 0 Å². The highest BCUT2D eigenvalue weighted by Gasteiger charge is 2.35. The van der Waals surface area contributed by atoms with Crippen molar-refractivity contribution in [2.45, 2.75) is 49.6 Å². The summed E-state index contributed by atoms with van der Waals surface area (Å²) in [7, 11) is 1.89. The van der Waals surface area contributed by atoms with Gasteiger partial charge in [-0.1, -0.05) is 0 Å². The van der Waals surface area contributed by atoms with Crippen LogP contribution in [0.3, 0.4) is 0 Å². The number of aliphatic imine (C=N–C) groups is 2. The summed E-state index contributed by atoms with van der Waals surface area (Å²) in [4.78, 5) is 22.8. The first-order valence-corrected chi connectivity index (χ1v) is 12.0. The number of piperidine rings is 1. The molecule has 0 radical (unpaired) electrons. The first-order chi connectivity index (χ1) is 14.9. The van der Waals surface area contributed by atoms with Gasteiger partial charge in [0, 0.05) is 29.9 Å². The zero-order valence-corrected chi connectivity index (χ0v) is 18.5. The van der Waals surface area contributed by atoms with Crippen LogP contribution >= 0.6 is 11.8 Å². The minimum atomic E-state index is -1.11. The molecule has 0 spiro atoms. The molecular weight excluding hydrogens is 424 g/mol. The summed E-state index contributed by atoms with van der Waals surface area (Å²) in [5.41, 5.74) is 0.296. The zero-order chi connectivity index (χ0) is 22.0. The van der Waals surface area contributed by atoms with Crippen molar-refractivity contribution in [1.82, 2.24) is 4.90 Å². The highest BCUT2D eigenvalue weighted by molar-refractivity contribution is 8.00. The highest BCUT2D eigenvalue weighted by Crippen LogP contribution is 2.31. The maximum absolute atomic E-state index is 14.6. The predicted molar refractivity (Wildman–Crippen MR) is 118 cm³/mol. The molecule has 4 rings (SSSR count). The number of aliphatic hydroxyl groups is 1. The number of fused-ring (bicyclic) bond motifs is 1. The van der Waals surface area contributed by atoms with Crippen LogP contribution in [0.1, 0.15) is 32.1 Å². The van der Waals surface area contributed by atoms with Gasteiger partial charge in [0.2, 0.25) is 0 Å². The molecule has 2 heterocycles. The molecule has 4 aliphatic rings.